The van der Waals surface area contributed by atoms with Crippen LogP contribution >= 0.6 is 15.9 Å². The molecule has 0 spiro atoms. The Hall–Kier alpha value is -3.25. The lowest BCUT2D eigenvalue weighted by atomic mass is 10.1. The van der Waals surface area contributed by atoms with Gasteiger partial charge in [-0.2, -0.15) is 0 Å². The molecule has 0 aromatic heterocycles. The molecule has 0 bridgehead atoms. The maximum absolute atomic E-state index is 14.0. The Balaban J connectivity index is 1.89. The molecule has 3 aromatic carbocycles. The van der Waals surface area contributed by atoms with Gasteiger partial charge in [0.05, 0.1) is 5.56 Å². The Kier molecular flexibility index (Phi) is 6.57. The van der Waals surface area contributed by atoms with Crippen molar-refractivity contribution in [2.45, 2.75) is 6.92 Å². The van der Waals surface area contributed by atoms with E-state index in [4.69, 9.17) is 0 Å². The first-order valence-electron chi connectivity index (χ1n) is 8.83. The number of nitrogens with one attached hydrogen (secondary N) is 2. The SMILES string of the molecule is Cc1ccc(NC(=O)C(=Cc2ccc(Br)cc2)NC(=O)c2ccccc2F)cc1. The van der Waals surface area contributed by atoms with E-state index in [9.17, 15) is 14.0 Å². The van der Waals surface area contributed by atoms with Crippen LogP contribution in [0.2, 0.25) is 0 Å². The molecule has 0 saturated carbocycles. The van der Waals surface area contributed by atoms with E-state index in [1.807, 2.05) is 31.2 Å². The molecule has 2 amide bonds. The zero-order valence-electron chi connectivity index (χ0n) is 15.6. The number of hydrogen-bond donors (Lipinski definition) is 2. The second-order valence-electron chi connectivity index (χ2n) is 6.36. The number of anilines is 1. The minimum atomic E-state index is -0.703. The Morgan fingerprint density at radius 2 is 1.59 bits per heavy atom. The third-order valence-electron chi connectivity index (χ3n) is 4.10. The fourth-order valence-electron chi connectivity index (χ4n) is 2.55. The van der Waals surface area contributed by atoms with Crippen LogP contribution in [-0.2, 0) is 4.79 Å². The van der Waals surface area contributed by atoms with Crippen molar-refractivity contribution in [2.75, 3.05) is 5.32 Å². The molecule has 4 nitrogen and oxygen atoms in total. The highest BCUT2D eigenvalue weighted by molar-refractivity contribution is 9.10. The molecule has 0 aliphatic carbocycles. The van der Waals surface area contributed by atoms with Crippen LogP contribution in [0.25, 0.3) is 6.08 Å². The van der Waals surface area contributed by atoms with Crippen molar-refractivity contribution >= 4 is 39.5 Å². The largest absolute Gasteiger partial charge is 0.321 e. The predicted molar refractivity (Wildman–Crippen MR) is 116 cm³/mol. The third-order valence-corrected chi connectivity index (χ3v) is 4.63. The lowest BCUT2D eigenvalue weighted by molar-refractivity contribution is -0.113. The number of aryl methyl sites for hydroxylation is 1. The Morgan fingerprint density at radius 1 is 0.931 bits per heavy atom. The zero-order chi connectivity index (χ0) is 20.8. The van der Waals surface area contributed by atoms with Crippen LogP contribution in [0.5, 0.6) is 0 Å². The highest BCUT2D eigenvalue weighted by Crippen LogP contribution is 2.15. The monoisotopic (exact) mass is 452 g/mol. The topological polar surface area (TPSA) is 58.2 Å². The number of carbonyl (C=O) groups excluding carboxylic acids is 2. The summed E-state index contributed by atoms with van der Waals surface area (Å²) in [5.74, 6) is -1.88. The van der Waals surface area contributed by atoms with Gasteiger partial charge in [-0.1, -0.05) is 57.9 Å². The van der Waals surface area contributed by atoms with Gasteiger partial charge in [-0.15, -0.1) is 0 Å². The molecule has 6 heteroatoms. The lowest BCUT2D eigenvalue weighted by Crippen LogP contribution is -2.31. The molecule has 29 heavy (non-hydrogen) atoms. The summed E-state index contributed by atoms with van der Waals surface area (Å²) in [6.45, 7) is 1.94. The molecule has 146 valence electrons. The molecule has 0 atom stereocenters. The summed E-state index contributed by atoms with van der Waals surface area (Å²) >= 11 is 3.36. The van der Waals surface area contributed by atoms with E-state index >= 15 is 0 Å². The molecule has 0 aliphatic heterocycles. The standard InChI is InChI=1S/C23H18BrFN2O2/c1-15-6-12-18(13-7-15)26-23(29)21(14-16-8-10-17(24)11-9-16)27-22(28)19-4-2-3-5-20(19)25/h2-14H,1H3,(H,26,29)(H,27,28). The number of carbonyl (C=O) groups is 2. The number of halogens is 2. The van der Waals surface area contributed by atoms with Crippen LogP contribution in [0, 0.1) is 12.7 Å². The van der Waals surface area contributed by atoms with Crippen LogP contribution in [0.1, 0.15) is 21.5 Å². The summed E-state index contributed by atoms with van der Waals surface area (Å²) in [7, 11) is 0. The Morgan fingerprint density at radius 3 is 2.24 bits per heavy atom. The molecule has 0 saturated heterocycles. The van der Waals surface area contributed by atoms with E-state index in [1.54, 1.807) is 30.3 Å². The number of amides is 2. The fourth-order valence-corrected chi connectivity index (χ4v) is 2.82. The fraction of sp³-hybridized carbons (Fsp3) is 0.0435. The van der Waals surface area contributed by atoms with Gasteiger partial charge in [0.15, 0.2) is 0 Å². The number of benzene rings is 3. The van der Waals surface area contributed by atoms with E-state index in [1.165, 1.54) is 24.3 Å². The van der Waals surface area contributed by atoms with Crippen LogP contribution in [-0.4, -0.2) is 11.8 Å². The summed E-state index contributed by atoms with van der Waals surface area (Å²) < 4.78 is 14.8. The molecule has 2 N–H and O–H groups in total. The molecule has 3 rings (SSSR count). The first-order chi connectivity index (χ1) is 13.9. The second kappa shape index (κ2) is 9.30. The maximum atomic E-state index is 14.0. The molecule has 0 fully saturated rings. The summed E-state index contributed by atoms with van der Waals surface area (Å²) in [5, 5.41) is 5.27. The Labute approximate surface area is 176 Å². The first kappa shape index (κ1) is 20.5. The summed E-state index contributed by atoms with van der Waals surface area (Å²) in [6, 6.07) is 20.1. The molecule has 0 aliphatic rings. The predicted octanol–water partition coefficient (Wildman–Crippen LogP) is 5.31. The Bertz CT molecular complexity index is 1060. The number of hydrogen-bond acceptors (Lipinski definition) is 2. The van der Waals surface area contributed by atoms with Crippen LogP contribution < -0.4 is 10.6 Å². The van der Waals surface area contributed by atoms with Gasteiger partial charge in [0.2, 0.25) is 0 Å². The van der Waals surface area contributed by atoms with Gasteiger partial charge in [-0.25, -0.2) is 4.39 Å². The van der Waals surface area contributed by atoms with Gasteiger partial charge in [-0.3, -0.25) is 9.59 Å². The average Bonchev–Trinajstić information content (AvgIpc) is 2.71. The van der Waals surface area contributed by atoms with Crippen molar-refractivity contribution in [1.82, 2.24) is 5.32 Å². The van der Waals surface area contributed by atoms with Crippen molar-refractivity contribution in [3.8, 4) is 0 Å². The van der Waals surface area contributed by atoms with Crippen molar-refractivity contribution < 1.29 is 14.0 Å². The first-order valence-corrected chi connectivity index (χ1v) is 9.63. The van der Waals surface area contributed by atoms with Gasteiger partial charge in [0.1, 0.15) is 11.5 Å². The highest BCUT2D eigenvalue weighted by atomic mass is 79.9. The van der Waals surface area contributed by atoms with Crippen LogP contribution in [0.3, 0.4) is 0 Å². The highest BCUT2D eigenvalue weighted by Gasteiger charge is 2.17. The molecule has 0 radical (unpaired) electrons. The molecule has 0 heterocycles. The minimum Gasteiger partial charge on any atom is -0.321 e. The van der Waals surface area contributed by atoms with Gasteiger partial charge in [0.25, 0.3) is 11.8 Å². The quantitative estimate of drug-likeness (QED) is 0.515. The molecular formula is C23H18BrFN2O2. The molecule has 0 unspecified atom stereocenters. The summed E-state index contributed by atoms with van der Waals surface area (Å²) in [4.78, 5) is 25.4. The third kappa shape index (κ3) is 5.62. The normalized spacial score (nSPS) is 11.1. The van der Waals surface area contributed by atoms with Gasteiger partial charge in [0, 0.05) is 10.2 Å². The molecular weight excluding hydrogens is 435 g/mol. The smallest absolute Gasteiger partial charge is 0.272 e. The lowest BCUT2D eigenvalue weighted by Gasteiger charge is -2.12. The van der Waals surface area contributed by atoms with Crippen molar-refractivity contribution in [2.24, 2.45) is 0 Å². The van der Waals surface area contributed by atoms with Crippen molar-refractivity contribution in [3.63, 3.8) is 0 Å². The van der Waals surface area contributed by atoms with Crippen LogP contribution in [0.15, 0.2) is 83.0 Å². The summed E-state index contributed by atoms with van der Waals surface area (Å²) in [5.41, 5.74) is 2.21. The van der Waals surface area contributed by atoms with E-state index in [0.717, 1.165) is 10.0 Å². The van der Waals surface area contributed by atoms with E-state index in [0.29, 0.717) is 11.3 Å². The van der Waals surface area contributed by atoms with Gasteiger partial charge < -0.3 is 10.6 Å². The minimum absolute atomic E-state index is 0.00107. The van der Waals surface area contributed by atoms with E-state index in [2.05, 4.69) is 26.6 Å². The summed E-state index contributed by atoms with van der Waals surface area (Å²) in [6.07, 6.45) is 1.54. The van der Waals surface area contributed by atoms with Gasteiger partial charge in [-0.05, 0) is 55.0 Å². The van der Waals surface area contributed by atoms with E-state index < -0.39 is 17.6 Å². The van der Waals surface area contributed by atoms with E-state index in [-0.39, 0.29) is 11.3 Å². The van der Waals surface area contributed by atoms with Crippen LogP contribution in [0.4, 0.5) is 10.1 Å². The maximum Gasteiger partial charge on any atom is 0.272 e. The zero-order valence-corrected chi connectivity index (χ0v) is 17.2. The molecule has 3 aromatic rings. The van der Waals surface area contributed by atoms with Gasteiger partial charge >= 0.3 is 0 Å². The van der Waals surface area contributed by atoms with Crippen molar-refractivity contribution in [3.05, 3.63) is 105 Å². The average molecular weight is 453 g/mol. The van der Waals surface area contributed by atoms with Crippen molar-refractivity contribution in [1.29, 1.82) is 0 Å². The number of rotatable bonds is 5. The second-order valence-corrected chi connectivity index (χ2v) is 7.28.